The third-order valence-corrected chi connectivity index (χ3v) is 4.33. The van der Waals surface area contributed by atoms with E-state index in [1.54, 1.807) is 13.8 Å². The summed E-state index contributed by atoms with van der Waals surface area (Å²) < 4.78 is 10.6. The van der Waals surface area contributed by atoms with E-state index in [4.69, 9.17) is 20.5 Å². The lowest BCUT2D eigenvalue weighted by atomic mass is 9.83. The third-order valence-electron chi connectivity index (χ3n) is 4.33. The molecule has 7 heteroatoms. The van der Waals surface area contributed by atoms with Crippen LogP contribution in [0.3, 0.4) is 0 Å². The van der Waals surface area contributed by atoms with Gasteiger partial charge < -0.3 is 20.1 Å². The number of esters is 1. The van der Waals surface area contributed by atoms with Gasteiger partial charge in [0, 0.05) is 19.3 Å². The number of carbonyl (C=O) groups is 1. The first-order chi connectivity index (χ1) is 12.9. The van der Waals surface area contributed by atoms with Crippen LogP contribution in [-0.4, -0.2) is 26.2 Å². The lowest BCUT2D eigenvalue weighted by Gasteiger charge is -2.27. The number of rotatable bonds is 6. The fourth-order valence-electron chi connectivity index (χ4n) is 2.96. The number of carbonyl (C=O) groups excluding carboxylic acids is 1. The Bertz CT molecular complexity index is 857. The maximum atomic E-state index is 12.5. The Labute approximate surface area is 158 Å². The van der Waals surface area contributed by atoms with Crippen LogP contribution in [0.2, 0.25) is 0 Å². The fourth-order valence-corrected chi connectivity index (χ4v) is 2.96. The first-order valence-electron chi connectivity index (χ1n) is 8.58. The molecule has 1 aromatic rings. The van der Waals surface area contributed by atoms with E-state index < -0.39 is 11.9 Å². The van der Waals surface area contributed by atoms with Gasteiger partial charge in [-0.3, -0.25) is 0 Å². The van der Waals surface area contributed by atoms with Crippen molar-refractivity contribution in [3.05, 3.63) is 52.6 Å². The first kappa shape index (κ1) is 19.9. The zero-order valence-electron chi connectivity index (χ0n) is 15.7. The van der Waals surface area contributed by atoms with Crippen LogP contribution in [-0.2, 0) is 14.3 Å². The summed E-state index contributed by atoms with van der Waals surface area (Å²) in [6, 6.07) is 11.6. The molecule has 0 saturated carbocycles. The van der Waals surface area contributed by atoms with Crippen LogP contribution in [0.15, 0.2) is 47.1 Å². The SMILES string of the molecule is CCOC(=O)C1=C(C)OC(N)=C(C#N)C1c1ccc(N(C)CCC#N)cc1. The number of hydrogen-bond acceptors (Lipinski definition) is 7. The maximum absolute atomic E-state index is 12.5. The molecule has 1 atom stereocenters. The van der Waals surface area contributed by atoms with Crippen LogP contribution in [0, 0.1) is 22.7 Å². The van der Waals surface area contributed by atoms with Crippen molar-refractivity contribution in [2.24, 2.45) is 5.73 Å². The van der Waals surface area contributed by atoms with Gasteiger partial charge in [-0.1, -0.05) is 12.1 Å². The summed E-state index contributed by atoms with van der Waals surface area (Å²) in [5.74, 6) is -0.870. The van der Waals surface area contributed by atoms with Crippen LogP contribution in [0.4, 0.5) is 5.69 Å². The molecule has 0 radical (unpaired) electrons. The van der Waals surface area contributed by atoms with Gasteiger partial charge in [-0.2, -0.15) is 10.5 Å². The van der Waals surface area contributed by atoms with Crippen molar-refractivity contribution in [2.45, 2.75) is 26.2 Å². The molecule has 1 aromatic carbocycles. The molecule has 2 N–H and O–H groups in total. The number of ether oxygens (including phenoxy) is 2. The van der Waals surface area contributed by atoms with Crippen molar-refractivity contribution in [3.8, 4) is 12.1 Å². The zero-order chi connectivity index (χ0) is 20.0. The predicted octanol–water partition coefficient (Wildman–Crippen LogP) is 2.68. The Hall–Kier alpha value is -3.45. The molecule has 7 nitrogen and oxygen atoms in total. The predicted molar refractivity (Wildman–Crippen MR) is 99.9 cm³/mol. The highest BCUT2D eigenvalue weighted by molar-refractivity contribution is 5.92. The zero-order valence-corrected chi connectivity index (χ0v) is 15.7. The topological polar surface area (TPSA) is 112 Å². The highest BCUT2D eigenvalue weighted by atomic mass is 16.5. The summed E-state index contributed by atoms with van der Waals surface area (Å²) in [5, 5.41) is 18.3. The molecule has 1 heterocycles. The van der Waals surface area contributed by atoms with Crippen molar-refractivity contribution in [1.82, 2.24) is 0 Å². The van der Waals surface area contributed by atoms with Crippen LogP contribution in [0.5, 0.6) is 0 Å². The number of anilines is 1. The largest absolute Gasteiger partial charge is 0.463 e. The number of allylic oxidation sites excluding steroid dienone is 2. The number of benzene rings is 1. The fraction of sp³-hybridized carbons (Fsp3) is 0.350. The average Bonchev–Trinajstić information content (AvgIpc) is 2.65. The lowest BCUT2D eigenvalue weighted by molar-refractivity contribution is -0.139. The van der Waals surface area contributed by atoms with Gasteiger partial charge in [0.15, 0.2) is 0 Å². The summed E-state index contributed by atoms with van der Waals surface area (Å²) in [7, 11) is 1.90. The molecule has 0 saturated heterocycles. The van der Waals surface area contributed by atoms with Crippen molar-refractivity contribution in [3.63, 3.8) is 0 Å². The molecule has 0 aromatic heterocycles. The molecule has 1 unspecified atom stereocenters. The molecular weight excluding hydrogens is 344 g/mol. The van der Waals surface area contributed by atoms with Gasteiger partial charge in [-0.15, -0.1) is 0 Å². The third kappa shape index (κ3) is 4.21. The van der Waals surface area contributed by atoms with Gasteiger partial charge in [0.1, 0.15) is 17.4 Å². The molecule has 0 fully saturated rings. The second kappa shape index (κ2) is 8.77. The molecule has 2 rings (SSSR count). The van der Waals surface area contributed by atoms with Gasteiger partial charge >= 0.3 is 5.97 Å². The minimum Gasteiger partial charge on any atom is -0.463 e. The van der Waals surface area contributed by atoms with Gasteiger partial charge in [0.05, 0.1) is 30.6 Å². The second-order valence-corrected chi connectivity index (χ2v) is 6.04. The quantitative estimate of drug-likeness (QED) is 0.770. The molecule has 0 bridgehead atoms. The summed E-state index contributed by atoms with van der Waals surface area (Å²) in [4.78, 5) is 14.4. The van der Waals surface area contributed by atoms with Crippen molar-refractivity contribution in [1.29, 1.82) is 10.5 Å². The Kier molecular flexibility index (Phi) is 6.46. The normalized spacial score (nSPS) is 16.3. The molecular formula is C20H22N4O3. The minimum atomic E-state index is -0.652. The first-order valence-corrected chi connectivity index (χ1v) is 8.58. The summed E-state index contributed by atoms with van der Waals surface area (Å²) >= 11 is 0. The van der Waals surface area contributed by atoms with Gasteiger partial charge in [0.2, 0.25) is 5.88 Å². The highest BCUT2D eigenvalue weighted by Gasteiger charge is 2.36. The van der Waals surface area contributed by atoms with Crippen LogP contribution in [0.1, 0.15) is 31.7 Å². The average molecular weight is 366 g/mol. The highest BCUT2D eigenvalue weighted by Crippen LogP contribution is 2.39. The monoisotopic (exact) mass is 366 g/mol. The smallest absolute Gasteiger partial charge is 0.338 e. The second-order valence-electron chi connectivity index (χ2n) is 6.04. The molecule has 27 heavy (non-hydrogen) atoms. The Morgan fingerprint density at radius 1 is 1.33 bits per heavy atom. The maximum Gasteiger partial charge on any atom is 0.338 e. The van der Waals surface area contributed by atoms with Crippen LogP contribution in [0.25, 0.3) is 0 Å². The molecule has 140 valence electrons. The van der Waals surface area contributed by atoms with E-state index in [0.717, 1.165) is 11.3 Å². The van der Waals surface area contributed by atoms with E-state index in [0.29, 0.717) is 18.7 Å². The molecule has 0 amide bonds. The summed E-state index contributed by atoms with van der Waals surface area (Å²) in [6.07, 6.45) is 0.422. The number of nitrogens with zero attached hydrogens (tertiary/aromatic N) is 3. The Morgan fingerprint density at radius 3 is 2.56 bits per heavy atom. The van der Waals surface area contributed by atoms with Gasteiger partial charge in [0.25, 0.3) is 0 Å². The molecule has 1 aliphatic rings. The van der Waals surface area contributed by atoms with E-state index in [-0.39, 0.29) is 23.6 Å². The Morgan fingerprint density at radius 2 is 2.00 bits per heavy atom. The standard InChI is InChI=1S/C20H22N4O3/c1-4-26-20(25)17-13(2)27-19(23)16(12-22)18(17)14-6-8-15(9-7-14)24(3)11-5-10-21/h6-9,18H,4-5,11,23H2,1-3H3. The van der Waals surface area contributed by atoms with Crippen molar-refractivity contribution in [2.75, 3.05) is 25.1 Å². The lowest BCUT2D eigenvalue weighted by Crippen LogP contribution is -2.25. The van der Waals surface area contributed by atoms with Crippen molar-refractivity contribution < 1.29 is 14.3 Å². The summed E-state index contributed by atoms with van der Waals surface area (Å²) in [6.45, 7) is 4.17. The van der Waals surface area contributed by atoms with E-state index in [1.807, 2.05) is 36.2 Å². The van der Waals surface area contributed by atoms with Crippen LogP contribution >= 0.6 is 0 Å². The van der Waals surface area contributed by atoms with E-state index in [9.17, 15) is 10.1 Å². The van der Waals surface area contributed by atoms with Gasteiger partial charge in [-0.25, -0.2) is 4.79 Å². The van der Waals surface area contributed by atoms with E-state index in [2.05, 4.69) is 12.1 Å². The summed E-state index contributed by atoms with van der Waals surface area (Å²) in [5.41, 5.74) is 7.99. The minimum absolute atomic E-state index is 0.0109. The Balaban J connectivity index is 2.44. The molecule has 0 spiro atoms. The van der Waals surface area contributed by atoms with Crippen molar-refractivity contribution >= 4 is 11.7 Å². The molecule has 0 aliphatic carbocycles. The van der Waals surface area contributed by atoms with Crippen LogP contribution < -0.4 is 10.6 Å². The van der Waals surface area contributed by atoms with E-state index >= 15 is 0 Å². The number of hydrogen-bond donors (Lipinski definition) is 1. The number of nitriles is 2. The van der Waals surface area contributed by atoms with E-state index in [1.165, 1.54) is 0 Å². The van der Waals surface area contributed by atoms with Gasteiger partial charge in [-0.05, 0) is 31.5 Å². The number of nitrogens with two attached hydrogens (primary N) is 1. The molecule has 1 aliphatic heterocycles.